The van der Waals surface area contributed by atoms with Crippen LogP contribution < -0.4 is 0 Å². The van der Waals surface area contributed by atoms with Gasteiger partial charge in [0.25, 0.3) is 5.91 Å². The zero-order chi connectivity index (χ0) is 17.3. The summed E-state index contributed by atoms with van der Waals surface area (Å²) in [7, 11) is 1.88. The van der Waals surface area contributed by atoms with Crippen LogP contribution in [0.3, 0.4) is 0 Å². The smallest absolute Gasteiger partial charge is 0.270 e. The lowest BCUT2D eigenvalue weighted by Gasteiger charge is -2.36. The average molecular weight is 331 g/mol. The Morgan fingerprint density at radius 1 is 1.29 bits per heavy atom. The first-order chi connectivity index (χ1) is 11.5. The quantitative estimate of drug-likeness (QED) is 0.849. The van der Waals surface area contributed by atoms with E-state index in [0.717, 1.165) is 31.4 Å². The third-order valence-corrected chi connectivity index (χ3v) is 4.67. The Kier molecular flexibility index (Phi) is 4.69. The molecule has 3 rings (SSSR count). The van der Waals surface area contributed by atoms with Gasteiger partial charge in [0.2, 0.25) is 5.91 Å². The zero-order valence-electron chi connectivity index (χ0n) is 14.6. The summed E-state index contributed by atoms with van der Waals surface area (Å²) in [5.41, 5.74) is 1.57. The second-order valence-electron chi connectivity index (χ2n) is 6.84. The maximum absolute atomic E-state index is 13.0. The van der Waals surface area contributed by atoms with Crippen molar-refractivity contribution in [2.24, 2.45) is 12.1 Å². The van der Waals surface area contributed by atoms with Gasteiger partial charge in [0.1, 0.15) is 5.71 Å². The molecule has 1 unspecified atom stereocenters. The number of likely N-dealkylation sites (tertiary alicyclic amines) is 1. The van der Waals surface area contributed by atoms with Crippen molar-refractivity contribution in [2.45, 2.75) is 58.0 Å². The normalized spacial score (nSPS) is 22.1. The van der Waals surface area contributed by atoms with Gasteiger partial charge in [-0.3, -0.25) is 14.3 Å². The molecule has 2 amide bonds. The Balaban J connectivity index is 1.84. The van der Waals surface area contributed by atoms with Crippen LogP contribution in [0.4, 0.5) is 0 Å². The molecule has 0 radical (unpaired) electrons. The largest absolute Gasteiger partial charge is 0.330 e. The van der Waals surface area contributed by atoms with Gasteiger partial charge in [-0.1, -0.05) is 0 Å². The molecular formula is C17H25N5O2. The molecule has 1 saturated heterocycles. The molecule has 130 valence electrons. The predicted octanol–water partition coefficient (Wildman–Crippen LogP) is 1.86. The van der Waals surface area contributed by atoms with Gasteiger partial charge in [0.05, 0.1) is 12.2 Å². The Bertz CT molecular complexity index is 664. The lowest BCUT2D eigenvalue weighted by molar-refractivity contribution is -0.134. The van der Waals surface area contributed by atoms with Gasteiger partial charge >= 0.3 is 0 Å². The number of carbonyl (C=O) groups is 2. The molecule has 3 heterocycles. The minimum absolute atomic E-state index is 0.0102. The van der Waals surface area contributed by atoms with Crippen molar-refractivity contribution >= 4 is 17.5 Å². The minimum atomic E-state index is -0.0401. The molecule has 7 heteroatoms. The molecule has 2 aliphatic rings. The lowest BCUT2D eigenvalue weighted by atomic mass is 9.96. The Labute approximate surface area is 142 Å². The van der Waals surface area contributed by atoms with Crippen molar-refractivity contribution < 1.29 is 9.59 Å². The number of hydrazone groups is 1. The fraction of sp³-hybridized carbons (Fsp3) is 0.647. The average Bonchev–Trinajstić information content (AvgIpc) is 3.01. The van der Waals surface area contributed by atoms with Crippen molar-refractivity contribution in [2.75, 3.05) is 6.54 Å². The Hall–Kier alpha value is -2.18. The van der Waals surface area contributed by atoms with E-state index in [4.69, 9.17) is 0 Å². The number of carbonyl (C=O) groups excluding carboxylic acids is 2. The van der Waals surface area contributed by atoms with Gasteiger partial charge in [0.15, 0.2) is 0 Å². The molecular weight excluding hydrogens is 306 g/mol. The summed E-state index contributed by atoms with van der Waals surface area (Å²) in [4.78, 5) is 26.9. The fourth-order valence-corrected chi connectivity index (χ4v) is 3.43. The zero-order valence-corrected chi connectivity index (χ0v) is 14.6. The number of hydrogen-bond acceptors (Lipinski definition) is 4. The van der Waals surface area contributed by atoms with E-state index in [1.165, 1.54) is 5.01 Å². The van der Waals surface area contributed by atoms with E-state index in [9.17, 15) is 9.59 Å². The highest BCUT2D eigenvalue weighted by Gasteiger charge is 2.34. The number of piperidine rings is 1. The number of aromatic nitrogens is 2. The van der Waals surface area contributed by atoms with Crippen LogP contribution in [-0.2, 0) is 16.6 Å². The molecule has 1 aromatic heterocycles. The number of nitrogens with zero attached hydrogens (tertiary/aromatic N) is 5. The molecule has 0 aromatic carbocycles. The number of hydrogen-bond donors (Lipinski definition) is 0. The molecule has 1 fully saturated rings. The van der Waals surface area contributed by atoms with Crippen LogP contribution in [0.2, 0.25) is 0 Å². The molecule has 24 heavy (non-hydrogen) atoms. The van der Waals surface area contributed by atoms with Crippen LogP contribution in [0.1, 0.15) is 57.6 Å². The molecule has 7 nitrogen and oxygen atoms in total. The summed E-state index contributed by atoms with van der Waals surface area (Å²) >= 11 is 0. The number of rotatable bonds is 3. The van der Waals surface area contributed by atoms with Crippen LogP contribution in [0, 0.1) is 0 Å². The van der Waals surface area contributed by atoms with Gasteiger partial charge in [-0.25, -0.2) is 5.01 Å². The topological polar surface area (TPSA) is 70.8 Å². The molecule has 1 atom stereocenters. The summed E-state index contributed by atoms with van der Waals surface area (Å²) in [6, 6.07) is 0.0175. The molecule has 1 aromatic rings. The van der Waals surface area contributed by atoms with Crippen LogP contribution in [0.15, 0.2) is 17.5 Å². The standard InChI is InChI=1S/C17H25N5O2/c1-12(2)22-16(23)8-7-14(19-22)17(24)21-9-5-4-6-15(21)13-10-18-20(3)11-13/h10-12,15H,4-9H2,1-3H3. The van der Waals surface area contributed by atoms with Gasteiger partial charge in [-0.05, 0) is 33.1 Å². The summed E-state index contributed by atoms with van der Waals surface area (Å²) < 4.78 is 1.77. The SMILES string of the molecule is CC(C)N1N=C(C(=O)N2CCCCC2c2cnn(C)c2)CCC1=O. The Morgan fingerprint density at radius 2 is 2.08 bits per heavy atom. The first kappa shape index (κ1) is 16.7. The first-order valence-corrected chi connectivity index (χ1v) is 8.66. The summed E-state index contributed by atoms with van der Waals surface area (Å²) in [6.45, 7) is 4.55. The van der Waals surface area contributed by atoms with Crippen LogP contribution >= 0.6 is 0 Å². The van der Waals surface area contributed by atoms with Gasteiger partial charge in [-0.15, -0.1) is 0 Å². The highest BCUT2D eigenvalue weighted by atomic mass is 16.2. The highest BCUT2D eigenvalue weighted by Crippen LogP contribution is 2.31. The van der Waals surface area contributed by atoms with E-state index in [0.29, 0.717) is 18.6 Å². The van der Waals surface area contributed by atoms with E-state index in [2.05, 4.69) is 10.2 Å². The molecule has 0 saturated carbocycles. The van der Waals surface area contributed by atoms with Crippen LogP contribution in [0.25, 0.3) is 0 Å². The van der Waals surface area contributed by atoms with E-state index < -0.39 is 0 Å². The van der Waals surface area contributed by atoms with Crippen molar-refractivity contribution in [3.63, 3.8) is 0 Å². The van der Waals surface area contributed by atoms with Gasteiger partial charge < -0.3 is 4.90 Å². The second-order valence-corrected chi connectivity index (χ2v) is 6.84. The number of aryl methyl sites for hydroxylation is 1. The molecule has 0 spiro atoms. The summed E-state index contributed by atoms with van der Waals surface area (Å²) in [5.74, 6) is -0.0503. The summed E-state index contributed by atoms with van der Waals surface area (Å²) in [5, 5.41) is 10.0. The minimum Gasteiger partial charge on any atom is -0.330 e. The highest BCUT2D eigenvalue weighted by molar-refractivity contribution is 6.39. The lowest BCUT2D eigenvalue weighted by Crippen LogP contribution is -2.46. The second kappa shape index (κ2) is 6.75. The third-order valence-electron chi connectivity index (χ3n) is 4.67. The van der Waals surface area contributed by atoms with Crippen LogP contribution in [-0.4, -0.2) is 49.8 Å². The van der Waals surface area contributed by atoms with Crippen molar-refractivity contribution in [3.8, 4) is 0 Å². The van der Waals surface area contributed by atoms with E-state index in [1.54, 1.807) is 4.68 Å². The maximum atomic E-state index is 13.0. The molecule has 0 N–H and O–H groups in total. The van der Waals surface area contributed by atoms with Crippen molar-refractivity contribution in [3.05, 3.63) is 18.0 Å². The van der Waals surface area contributed by atoms with E-state index >= 15 is 0 Å². The van der Waals surface area contributed by atoms with Crippen LogP contribution in [0.5, 0.6) is 0 Å². The Morgan fingerprint density at radius 3 is 2.75 bits per heavy atom. The van der Waals surface area contributed by atoms with E-state index in [1.807, 2.05) is 38.2 Å². The van der Waals surface area contributed by atoms with Crippen molar-refractivity contribution in [1.29, 1.82) is 0 Å². The summed E-state index contributed by atoms with van der Waals surface area (Å²) in [6.07, 6.45) is 7.64. The monoisotopic (exact) mass is 331 g/mol. The first-order valence-electron chi connectivity index (χ1n) is 8.66. The van der Waals surface area contributed by atoms with Crippen molar-refractivity contribution in [1.82, 2.24) is 19.7 Å². The predicted molar refractivity (Wildman–Crippen MR) is 90.2 cm³/mol. The third kappa shape index (κ3) is 3.20. The van der Waals surface area contributed by atoms with E-state index in [-0.39, 0.29) is 23.9 Å². The van der Waals surface area contributed by atoms with Gasteiger partial charge in [-0.2, -0.15) is 10.2 Å². The fourth-order valence-electron chi connectivity index (χ4n) is 3.43. The number of amides is 2. The maximum Gasteiger partial charge on any atom is 0.270 e. The molecule has 0 bridgehead atoms. The van der Waals surface area contributed by atoms with Gasteiger partial charge in [0, 0.05) is 44.2 Å². The molecule has 0 aliphatic carbocycles. The molecule has 2 aliphatic heterocycles.